The Hall–Kier alpha value is -1.12. The second-order valence-electron chi connectivity index (χ2n) is 5.16. The van der Waals surface area contributed by atoms with Crippen molar-refractivity contribution in [1.29, 1.82) is 0 Å². The van der Waals surface area contributed by atoms with Crippen LogP contribution in [-0.4, -0.2) is 17.4 Å². The molecule has 0 aliphatic heterocycles. The molecule has 0 amide bonds. The van der Waals surface area contributed by atoms with E-state index in [9.17, 15) is 9.59 Å². The van der Waals surface area contributed by atoms with E-state index in [0.717, 1.165) is 32.1 Å². The largest absolute Gasteiger partial charge is 0.456 e. The van der Waals surface area contributed by atoms with Crippen LogP contribution in [0.2, 0.25) is 0 Å². The Labute approximate surface area is 110 Å². The van der Waals surface area contributed by atoms with Crippen molar-refractivity contribution in [2.75, 3.05) is 0 Å². The normalized spacial score (nSPS) is 18.8. The highest BCUT2D eigenvalue weighted by Crippen LogP contribution is 2.34. The average molecular weight is 252 g/mol. The minimum Gasteiger partial charge on any atom is -0.456 e. The summed E-state index contributed by atoms with van der Waals surface area (Å²) in [5.74, 6) is -0.118. The van der Waals surface area contributed by atoms with Gasteiger partial charge >= 0.3 is 5.97 Å². The molecular formula is C15H24O3. The summed E-state index contributed by atoms with van der Waals surface area (Å²) in [5.41, 5.74) is -0.236. The Morgan fingerprint density at radius 1 is 1.22 bits per heavy atom. The van der Waals surface area contributed by atoms with E-state index in [2.05, 4.69) is 6.92 Å². The van der Waals surface area contributed by atoms with Gasteiger partial charge in [-0.1, -0.05) is 19.4 Å². The zero-order valence-electron chi connectivity index (χ0n) is 11.5. The lowest BCUT2D eigenvalue weighted by atomic mass is 9.83. The van der Waals surface area contributed by atoms with Crippen LogP contribution in [0.3, 0.4) is 0 Å². The first-order valence-electron chi connectivity index (χ1n) is 6.97. The topological polar surface area (TPSA) is 43.4 Å². The maximum absolute atomic E-state index is 11.7. The quantitative estimate of drug-likeness (QED) is 0.536. The summed E-state index contributed by atoms with van der Waals surface area (Å²) in [4.78, 5) is 22.5. The fourth-order valence-corrected chi connectivity index (χ4v) is 2.44. The lowest BCUT2D eigenvalue weighted by Gasteiger charge is -2.35. The number of ether oxygens (including phenoxy) is 1. The predicted molar refractivity (Wildman–Crippen MR) is 71.3 cm³/mol. The molecule has 1 aliphatic rings. The molecule has 0 aromatic rings. The number of carbonyl (C=O) groups is 2. The second-order valence-corrected chi connectivity index (χ2v) is 5.16. The molecule has 0 saturated heterocycles. The number of rotatable bonds is 6. The fraction of sp³-hybridized carbons (Fsp3) is 0.733. The molecular weight excluding hydrogens is 228 g/mol. The molecule has 18 heavy (non-hydrogen) atoms. The summed E-state index contributed by atoms with van der Waals surface area (Å²) in [6, 6.07) is 0. The van der Waals surface area contributed by atoms with E-state index in [-0.39, 0.29) is 17.4 Å². The Morgan fingerprint density at radius 3 is 2.44 bits per heavy atom. The Balaban J connectivity index is 2.39. The molecule has 1 rings (SSSR count). The van der Waals surface area contributed by atoms with Crippen molar-refractivity contribution < 1.29 is 14.3 Å². The van der Waals surface area contributed by atoms with Crippen LogP contribution in [0.15, 0.2) is 12.2 Å². The summed E-state index contributed by atoms with van der Waals surface area (Å²) in [5, 5.41) is 0. The van der Waals surface area contributed by atoms with Gasteiger partial charge in [0.15, 0.2) is 0 Å². The summed E-state index contributed by atoms with van der Waals surface area (Å²) in [6.07, 6.45) is 10.7. The van der Waals surface area contributed by atoms with Crippen molar-refractivity contribution in [3.05, 3.63) is 12.2 Å². The first-order valence-corrected chi connectivity index (χ1v) is 6.97. The van der Waals surface area contributed by atoms with Gasteiger partial charge in [0.2, 0.25) is 0 Å². The number of esters is 1. The second kappa shape index (κ2) is 7.34. The van der Waals surface area contributed by atoms with E-state index in [0.29, 0.717) is 12.8 Å². The lowest BCUT2D eigenvalue weighted by Crippen LogP contribution is -2.36. The number of hydrogen-bond acceptors (Lipinski definition) is 3. The molecule has 0 aromatic heterocycles. The van der Waals surface area contributed by atoms with Crippen molar-refractivity contribution in [2.24, 2.45) is 0 Å². The fourth-order valence-electron chi connectivity index (χ4n) is 2.44. The number of ketones is 1. The summed E-state index contributed by atoms with van der Waals surface area (Å²) in [7, 11) is 0. The Kier molecular flexibility index (Phi) is 6.10. The SMILES string of the molecule is CCC1(OC(=O)/C=C/CCC(C)=O)CCCCC1. The third-order valence-corrected chi connectivity index (χ3v) is 3.64. The molecule has 0 unspecified atom stereocenters. The van der Waals surface area contributed by atoms with Crippen molar-refractivity contribution in [1.82, 2.24) is 0 Å². The van der Waals surface area contributed by atoms with Crippen molar-refractivity contribution in [2.45, 2.75) is 70.8 Å². The monoisotopic (exact) mass is 252 g/mol. The first kappa shape index (κ1) is 14.9. The van der Waals surface area contributed by atoms with Gasteiger partial charge in [-0.2, -0.15) is 0 Å². The standard InChI is InChI=1S/C15H24O3/c1-3-15(11-7-4-8-12-15)18-14(17)10-6-5-9-13(2)16/h6,10H,3-5,7-9,11-12H2,1-2H3/b10-6+. The van der Waals surface area contributed by atoms with Crippen LogP contribution < -0.4 is 0 Å². The molecule has 0 N–H and O–H groups in total. The van der Waals surface area contributed by atoms with E-state index in [4.69, 9.17) is 4.74 Å². The number of allylic oxidation sites excluding steroid dienone is 1. The highest BCUT2D eigenvalue weighted by Gasteiger charge is 2.33. The molecule has 1 aliphatic carbocycles. The smallest absolute Gasteiger partial charge is 0.330 e. The molecule has 0 radical (unpaired) electrons. The van der Waals surface area contributed by atoms with Crippen LogP contribution in [0.4, 0.5) is 0 Å². The number of hydrogen-bond donors (Lipinski definition) is 0. The zero-order chi connectivity index (χ0) is 13.4. The van der Waals surface area contributed by atoms with Crippen LogP contribution in [0.5, 0.6) is 0 Å². The van der Waals surface area contributed by atoms with Crippen LogP contribution in [0, 0.1) is 0 Å². The van der Waals surface area contributed by atoms with E-state index < -0.39 is 0 Å². The van der Waals surface area contributed by atoms with Crippen LogP contribution >= 0.6 is 0 Å². The van der Waals surface area contributed by atoms with E-state index in [1.807, 2.05) is 0 Å². The van der Waals surface area contributed by atoms with Gasteiger partial charge in [-0.25, -0.2) is 4.79 Å². The van der Waals surface area contributed by atoms with Crippen molar-refractivity contribution in [3.63, 3.8) is 0 Å². The summed E-state index contributed by atoms with van der Waals surface area (Å²) >= 11 is 0. The Morgan fingerprint density at radius 2 is 1.89 bits per heavy atom. The Bertz CT molecular complexity index is 312. The highest BCUT2D eigenvalue weighted by atomic mass is 16.6. The molecule has 0 bridgehead atoms. The van der Waals surface area contributed by atoms with Crippen molar-refractivity contribution >= 4 is 11.8 Å². The lowest BCUT2D eigenvalue weighted by molar-refractivity contribution is -0.157. The average Bonchev–Trinajstić information content (AvgIpc) is 2.35. The summed E-state index contributed by atoms with van der Waals surface area (Å²) in [6.45, 7) is 3.64. The molecule has 1 fully saturated rings. The van der Waals surface area contributed by atoms with Gasteiger partial charge < -0.3 is 9.53 Å². The number of carbonyl (C=O) groups excluding carboxylic acids is 2. The zero-order valence-corrected chi connectivity index (χ0v) is 11.5. The van der Waals surface area contributed by atoms with Crippen LogP contribution in [0.1, 0.15) is 65.2 Å². The molecule has 0 spiro atoms. The molecule has 0 atom stereocenters. The van der Waals surface area contributed by atoms with Gasteiger partial charge in [-0.05, 0) is 45.4 Å². The molecule has 3 heteroatoms. The van der Waals surface area contributed by atoms with Gasteiger partial charge in [0.1, 0.15) is 11.4 Å². The molecule has 3 nitrogen and oxygen atoms in total. The summed E-state index contributed by atoms with van der Waals surface area (Å²) < 4.78 is 5.62. The van der Waals surface area contributed by atoms with Gasteiger partial charge in [0.05, 0.1) is 0 Å². The van der Waals surface area contributed by atoms with Gasteiger partial charge in [-0.15, -0.1) is 0 Å². The van der Waals surface area contributed by atoms with E-state index in [1.165, 1.54) is 12.5 Å². The molecule has 0 heterocycles. The number of Topliss-reactive ketones (excluding diaryl/α,β-unsaturated/α-hetero) is 1. The van der Waals surface area contributed by atoms with Gasteiger partial charge in [-0.3, -0.25) is 0 Å². The molecule has 1 saturated carbocycles. The van der Waals surface area contributed by atoms with Crippen molar-refractivity contribution in [3.8, 4) is 0 Å². The van der Waals surface area contributed by atoms with Gasteiger partial charge in [0, 0.05) is 12.5 Å². The third-order valence-electron chi connectivity index (χ3n) is 3.64. The van der Waals surface area contributed by atoms with Crippen LogP contribution in [0.25, 0.3) is 0 Å². The van der Waals surface area contributed by atoms with E-state index >= 15 is 0 Å². The van der Waals surface area contributed by atoms with Crippen LogP contribution in [-0.2, 0) is 14.3 Å². The first-order chi connectivity index (χ1) is 8.58. The van der Waals surface area contributed by atoms with E-state index in [1.54, 1.807) is 13.0 Å². The molecule has 102 valence electrons. The minimum atomic E-state index is -0.262. The van der Waals surface area contributed by atoms with Gasteiger partial charge in [0.25, 0.3) is 0 Å². The third kappa shape index (κ3) is 5.03. The highest BCUT2D eigenvalue weighted by molar-refractivity contribution is 5.82. The minimum absolute atomic E-state index is 0.144. The maximum atomic E-state index is 11.7. The predicted octanol–water partition coefficient (Wildman–Crippen LogP) is 3.57. The maximum Gasteiger partial charge on any atom is 0.330 e. The molecule has 0 aromatic carbocycles.